The number of likely N-dealkylation sites (N-methyl/N-ethyl adjacent to an activating group) is 1. The molecule has 0 aliphatic rings. The predicted octanol–water partition coefficient (Wildman–Crippen LogP) is 1.73. The summed E-state index contributed by atoms with van der Waals surface area (Å²) in [5, 5.41) is 0. The zero-order valence-electron chi connectivity index (χ0n) is 13.0. The average molecular weight is 277 g/mol. The second-order valence-electron chi connectivity index (χ2n) is 5.87. The van der Waals surface area contributed by atoms with E-state index in [1.165, 1.54) is 0 Å². The Morgan fingerprint density at radius 2 is 1.75 bits per heavy atom. The van der Waals surface area contributed by atoms with Crippen LogP contribution in [0.2, 0.25) is 0 Å². The van der Waals surface area contributed by atoms with Gasteiger partial charge in [-0.15, -0.1) is 0 Å². The average Bonchev–Trinajstić information content (AvgIpc) is 2.42. The lowest BCUT2D eigenvalue weighted by molar-refractivity contribution is -0.133. The fourth-order valence-corrected chi connectivity index (χ4v) is 2.05. The van der Waals surface area contributed by atoms with Crippen LogP contribution in [0.4, 0.5) is 0 Å². The summed E-state index contributed by atoms with van der Waals surface area (Å²) in [5.74, 6) is 0.441. The molecule has 0 aliphatic carbocycles. The Bertz CT molecular complexity index is 403. The standard InChI is InChI=1S/C16H27N3O/c1-13(2)12-19(11-10-18(3)4)16(20)15(17)14-8-6-5-7-9-14/h5-9,13,15H,10-12,17H2,1-4H3/t15-/m1/s1. The number of nitrogens with two attached hydrogens (primary N) is 1. The minimum absolute atomic E-state index is 0.00625. The van der Waals surface area contributed by atoms with Crippen LogP contribution in [0, 0.1) is 5.92 Å². The summed E-state index contributed by atoms with van der Waals surface area (Å²) in [6.45, 7) is 6.53. The van der Waals surface area contributed by atoms with Crippen molar-refractivity contribution in [1.82, 2.24) is 9.80 Å². The van der Waals surface area contributed by atoms with E-state index in [9.17, 15) is 4.79 Å². The lowest BCUT2D eigenvalue weighted by atomic mass is 10.1. The molecule has 0 radical (unpaired) electrons. The maximum Gasteiger partial charge on any atom is 0.244 e. The molecule has 20 heavy (non-hydrogen) atoms. The molecule has 0 fully saturated rings. The normalized spacial score (nSPS) is 12.8. The zero-order chi connectivity index (χ0) is 15.1. The minimum Gasteiger partial charge on any atom is -0.340 e. The van der Waals surface area contributed by atoms with Crippen molar-refractivity contribution in [2.24, 2.45) is 11.7 Å². The highest BCUT2D eigenvalue weighted by Crippen LogP contribution is 2.14. The molecule has 1 aromatic rings. The highest BCUT2D eigenvalue weighted by molar-refractivity contribution is 5.83. The Morgan fingerprint density at radius 1 is 1.15 bits per heavy atom. The van der Waals surface area contributed by atoms with Gasteiger partial charge in [0.15, 0.2) is 0 Å². The molecular formula is C16H27N3O. The van der Waals surface area contributed by atoms with Gasteiger partial charge in [-0.2, -0.15) is 0 Å². The van der Waals surface area contributed by atoms with E-state index < -0.39 is 6.04 Å². The topological polar surface area (TPSA) is 49.6 Å². The number of rotatable bonds is 7. The molecule has 0 spiro atoms. The largest absolute Gasteiger partial charge is 0.340 e. The van der Waals surface area contributed by atoms with Crippen LogP contribution < -0.4 is 5.73 Å². The third-order valence-electron chi connectivity index (χ3n) is 3.14. The number of hydrogen-bond donors (Lipinski definition) is 1. The van der Waals surface area contributed by atoms with Gasteiger partial charge in [-0.05, 0) is 25.6 Å². The lowest BCUT2D eigenvalue weighted by Gasteiger charge is -2.28. The molecule has 4 nitrogen and oxygen atoms in total. The first-order valence-corrected chi connectivity index (χ1v) is 7.16. The molecule has 1 rings (SSSR count). The molecule has 1 aromatic carbocycles. The van der Waals surface area contributed by atoms with Crippen LogP contribution in [0.5, 0.6) is 0 Å². The monoisotopic (exact) mass is 277 g/mol. The van der Waals surface area contributed by atoms with Gasteiger partial charge in [0, 0.05) is 19.6 Å². The molecule has 0 heterocycles. The summed E-state index contributed by atoms with van der Waals surface area (Å²) in [6.07, 6.45) is 0. The SMILES string of the molecule is CC(C)CN(CCN(C)C)C(=O)[C@H](N)c1ccccc1. The van der Waals surface area contributed by atoms with E-state index in [0.717, 1.165) is 18.7 Å². The number of amides is 1. The number of nitrogens with zero attached hydrogens (tertiary/aromatic N) is 2. The molecule has 0 bridgehead atoms. The van der Waals surface area contributed by atoms with Gasteiger partial charge in [-0.25, -0.2) is 0 Å². The summed E-state index contributed by atoms with van der Waals surface area (Å²) in [5.41, 5.74) is 6.99. The van der Waals surface area contributed by atoms with Gasteiger partial charge < -0.3 is 15.5 Å². The Morgan fingerprint density at radius 3 is 2.25 bits per heavy atom. The van der Waals surface area contributed by atoms with E-state index in [1.807, 2.05) is 49.3 Å². The summed E-state index contributed by atoms with van der Waals surface area (Å²) in [4.78, 5) is 16.5. The van der Waals surface area contributed by atoms with Crippen molar-refractivity contribution >= 4 is 5.91 Å². The lowest BCUT2D eigenvalue weighted by Crippen LogP contribution is -2.43. The van der Waals surface area contributed by atoms with Gasteiger partial charge in [0.1, 0.15) is 6.04 Å². The van der Waals surface area contributed by atoms with Crippen LogP contribution in [0.1, 0.15) is 25.5 Å². The van der Waals surface area contributed by atoms with E-state index in [1.54, 1.807) is 0 Å². The summed E-state index contributed by atoms with van der Waals surface area (Å²) in [7, 11) is 4.02. The molecule has 4 heteroatoms. The van der Waals surface area contributed by atoms with Crippen molar-refractivity contribution < 1.29 is 4.79 Å². The highest BCUT2D eigenvalue weighted by atomic mass is 16.2. The number of hydrogen-bond acceptors (Lipinski definition) is 3. The van der Waals surface area contributed by atoms with Crippen molar-refractivity contribution in [3.63, 3.8) is 0 Å². The third-order valence-corrected chi connectivity index (χ3v) is 3.14. The van der Waals surface area contributed by atoms with E-state index in [2.05, 4.69) is 18.7 Å². The van der Waals surface area contributed by atoms with E-state index in [-0.39, 0.29) is 5.91 Å². The van der Waals surface area contributed by atoms with Gasteiger partial charge in [0.25, 0.3) is 0 Å². The maximum atomic E-state index is 12.6. The molecule has 0 unspecified atom stereocenters. The number of carbonyl (C=O) groups excluding carboxylic acids is 1. The van der Waals surface area contributed by atoms with Crippen LogP contribution in [-0.2, 0) is 4.79 Å². The smallest absolute Gasteiger partial charge is 0.244 e. The minimum atomic E-state index is -0.572. The number of carbonyl (C=O) groups is 1. The Hall–Kier alpha value is -1.39. The second kappa shape index (κ2) is 8.02. The van der Waals surface area contributed by atoms with Crippen LogP contribution in [0.3, 0.4) is 0 Å². The van der Waals surface area contributed by atoms with Crippen molar-refractivity contribution in [3.8, 4) is 0 Å². The summed E-state index contributed by atoms with van der Waals surface area (Å²) < 4.78 is 0. The second-order valence-corrected chi connectivity index (χ2v) is 5.87. The van der Waals surface area contributed by atoms with Gasteiger partial charge in [0.05, 0.1) is 0 Å². The Balaban J connectivity index is 2.75. The predicted molar refractivity (Wildman–Crippen MR) is 83.3 cm³/mol. The third kappa shape index (κ3) is 5.31. The molecule has 2 N–H and O–H groups in total. The van der Waals surface area contributed by atoms with Gasteiger partial charge in [-0.1, -0.05) is 44.2 Å². The molecule has 0 saturated heterocycles. The molecule has 112 valence electrons. The quantitative estimate of drug-likeness (QED) is 0.826. The van der Waals surface area contributed by atoms with Gasteiger partial charge in [0.2, 0.25) is 5.91 Å². The van der Waals surface area contributed by atoms with E-state index in [4.69, 9.17) is 5.73 Å². The highest BCUT2D eigenvalue weighted by Gasteiger charge is 2.22. The first kappa shape index (κ1) is 16.7. The fraction of sp³-hybridized carbons (Fsp3) is 0.562. The molecule has 0 saturated carbocycles. The summed E-state index contributed by atoms with van der Waals surface area (Å²) >= 11 is 0. The van der Waals surface area contributed by atoms with Gasteiger partial charge in [-0.3, -0.25) is 4.79 Å². The Kier molecular flexibility index (Phi) is 6.68. The molecular weight excluding hydrogens is 250 g/mol. The van der Waals surface area contributed by atoms with E-state index in [0.29, 0.717) is 12.5 Å². The van der Waals surface area contributed by atoms with Crippen LogP contribution in [0.25, 0.3) is 0 Å². The maximum absolute atomic E-state index is 12.6. The van der Waals surface area contributed by atoms with Crippen molar-refractivity contribution in [2.45, 2.75) is 19.9 Å². The first-order chi connectivity index (χ1) is 9.41. The molecule has 0 aliphatic heterocycles. The van der Waals surface area contributed by atoms with Crippen molar-refractivity contribution in [1.29, 1.82) is 0 Å². The number of benzene rings is 1. The van der Waals surface area contributed by atoms with Crippen LogP contribution in [-0.4, -0.2) is 49.4 Å². The first-order valence-electron chi connectivity index (χ1n) is 7.16. The molecule has 1 amide bonds. The van der Waals surface area contributed by atoms with Crippen LogP contribution >= 0.6 is 0 Å². The van der Waals surface area contributed by atoms with Gasteiger partial charge >= 0.3 is 0 Å². The molecule has 1 atom stereocenters. The van der Waals surface area contributed by atoms with Crippen molar-refractivity contribution in [3.05, 3.63) is 35.9 Å². The fourth-order valence-electron chi connectivity index (χ4n) is 2.05. The van der Waals surface area contributed by atoms with Crippen molar-refractivity contribution in [2.75, 3.05) is 33.7 Å². The zero-order valence-corrected chi connectivity index (χ0v) is 13.0. The molecule has 0 aromatic heterocycles. The summed E-state index contributed by atoms with van der Waals surface area (Å²) in [6, 6.07) is 8.99. The van der Waals surface area contributed by atoms with Crippen LogP contribution in [0.15, 0.2) is 30.3 Å². The van der Waals surface area contributed by atoms with E-state index >= 15 is 0 Å². The Labute approximate surface area is 122 Å².